The fraction of sp³-hybridized carbons (Fsp3) is 0.417. The predicted octanol–water partition coefficient (Wildman–Crippen LogP) is 1.95. The molecule has 5 heteroatoms. The number of nitrogens with zero attached hydrogens (tertiary/aromatic N) is 2. The summed E-state index contributed by atoms with van der Waals surface area (Å²) in [6.45, 7) is 5.06. The average molecular weight is 235 g/mol. The van der Waals surface area contributed by atoms with Crippen LogP contribution in [0.4, 0.5) is 5.82 Å². The largest absolute Gasteiger partial charge is 0.490 e. The lowest BCUT2D eigenvalue weighted by molar-refractivity contribution is 0.288. The van der Waals surface area contributed by atoms with Crippen LogP contribution in [0.25, 0.3) is 10.9 Å². The van der Waals surface area contributed by atoms with E-state index < -0.39 is 0 Å². The Hall–Kier alpha value is -1.91. The molecule has 0 saturated heterocycles. The summed E-state index contributed by atoms with van der Waals surface area (Å²) in [6.07, 6.45) is 0. The first-order valence-electron chi connectivity index (χ1n) is 5.69. The Labute approximate surface area is 100 Å². The van der Waals surface area contributed by atoms with Crippen molar-refractivity contribution in [2.45, 2.75) is 13.8 Å². The fourth-order valence-electron chi connectivity index (χ4n) is 1.83. The summed E-state index contributed by atoms with van der Waals surface area (Å²) < 4.78 is 12.8. The molecule has 0 radical (unpaired) electrons. The smallest absolute Gasteiger partial charge is 0.163 e. The maximum Gasteiger partial charge on any atom is 0.163 e. The van der Waals surface area contributed by atoms with Crippen molar-refractivity contribution in [2.75, 3.05) is 18.9 Å². The van der Waals surface area contributed by atoms with Gasteiger partial charge < -0.3 is 15.2 Å². The second-order valence-electron chi connectivity index (χ2n) is 3.69. The number of benzene rings is 1. The lowest BCUT2D eigenvalue weighted by atomic mass is 10.2. The van der Waals surface area contributed by atoms with E-state index in [9.17, 15) is 0 Å². The SMILES string of the molecule is CCOc1cc2c(N)nn(C)c2cc1OCC. The van der Waals surface area contributed by atoms with Gasteiger partial charge in [-0.1, -0.05) is 0 Å². The van der Waals surface area contributed by atoms with Crippen molar-refractivity contribution < 1.29 is 9.47 Å². The van der Waals surface area contributed by atoms with E-state index in [0.29, 0.717) is 24.8 Å². The number of nitrogens with two attached hydrogens (primary N) is 1. The summed E-state index contributed by atoms with van der Waals surface area (Å²) in [5.41, 5.74) is 6.78. The quantitative estimate of drug-likeness (QED) is 0.879. The van der Waals surface area contributed by atoms with Gasteiger partial charge in [-0.25, -0.2) is 0 Å². The van der Waals surface area contributed by atoms with Gasteiger partial charge in [0.05, 0.1) is 18.7 Å². The Morgan fingerprint density at radius 3 is 2.35 bits per heavy atom. The summed E-state index contributed by atoms with van der Waals surface area (Å²) in [5.74, 6) is 1.94. The minimum atomic E-state index is 0.506. The van der Waals surface area contributed by atoms with Crippen LogP contribution >= 0.6 is 0 Å². The first-order chi connectivity index (χ1) is 8.17. The van der Waals surface area contributed by atoms with Gasteiger partial charge in [-0.2, -0.15) is 5.10 Å². The standard InChI is InChI=1S/C12H17N3O2/c1-4-16-10-6-8-9(7-11(10)17-5-2)15(3)14-12(8)13/h6-7H,4-5H2,1-3H3,(H2,13,14). The molecule has 0 amide bonds. The molecule has 2 aromatic rings. The first kappa shape index (κ1) is 11.6. The molecule has 2 rings (SSSR count). The van der Waals surface area contributed by atoms with Crippen molar-refractivity contribution in [1.29, 1.82) is 0 Å². The topological polar surface area (TPSA) is 62.3 Å². The predicted molar refractivity (Wildman–Crippen MR) is 67.5 cm³/mol. The molecule has 1 aromatic heterocycles. The Balaban J connectivity index is 2.61. The molecule has 0 spiro atoms. The zero-order valence-corrected chi connectivity index (χ0v) is 10.4. The highest BCUT2D eigenvalue weighted by Gasteiger charge is 2.12. The number of aryl methyl sites for hydroxylation is 1. The van der Waals surface area contributed by atoms with Gasteiger partial charge in [0.15, 0.2) is 17.3 Å². The minimum absolute atomic E-state index is 0.506. The summed E-state index contributed by atoms with van der Waals surface area (Å²) in [4.78, 5) is 0. The molecule has 0 aliphatic rings. The summed E-state index contributed by atoms with van der Waals surface area (Å²) in [7, 11) is 1.86. The van der Waals surface area contributed by atoms with Crippen LogP contribution in [0.15, 0.2) is 12.1 Å². The van der Waals surface area contributed by atoms with E-state index in [2.05, 4.69) is 5.10 Å². The summed E-state index contributed by atoms with van der Waals surface area (Å²) in [5, 5.41) is 5.06. The normalized spacial score (nSPS) is 10.8. The van der Waals surface area contributed by atoms with Crippen LogP contribution in [0.1, 0.15) is 13.8 Å². The third-order valence-corrected chi connectivity index (χ3v) is 2.54. The number of fused-ring (bicyclic) bond motifs is 1. The lowest BCUT2D eigenvalue weighted by Gasteiger charge is -2.11. The molecule has 0 fully saturated rings. The Morgan fingerprint density at radius 1 is 1.18 bits per heavy atom. The van der Waals surface area contributed by atoms with Crippen molar-refractivity contribution in [3.63, 3.8) is 0 Å². The van der Waals surface area contributed by atoms with Crippen LogP contribution in [0.5, 0.6) is 11.5 Å². The highest BCUT2D eigenvalue weighted by atomic mass is 16.5. The maximum absolute atomic E-state index is 5.84. The number of aromatic nitrogens is 2. The van der Waals surface area contributed by atoms with E-state index in [-0.39, 0.29) is 0 Å². The van der Waals surface area contributed by atoms with Gasteiger partial charge in [-0.3, -0.25) is 4.68 Å². The molecule has 1 heterocycles. The van der Waals surface area contributed by atoms with Gasteiger partial charge in [0.1, 0.15) is 0 Å². The van der Waals surface area contributed by atoms with E-state index in [0.717, 1.165) is 16.7 Å². The molecule has 0 unspecified atom stereocenters. The van der Waals surface area contributed by atoms with Crippen LogP contribution in [-0.4, -0.2) is 23.0 Å². The molecule has 0 saturated carbocycles. The van der Waals surface area contributed by atoms with Crippen molar-refractivity contribution in [3.8, 4) is 11.5 Å². The van der Waals surface area contributed by atoms with Crippen LogP contribution in [0, 0.1) is 0 Å². The zero-order valence-electron chi connectivity index (χ0n) is 10.4. The third kappa shape index (κ3) is 2.00. The molecule has 0 atom stereocenters. The van der Waals surface area contributed by atoms with Gasteiger partial charge in [0.2, 0.25) is 0 Å². The van der Waals surface area contributed by atoms with Crippen molar-refractivity contribution in [2.24, 2.45) is 7.05 Å². The number of anilines is 1. The summed E-state index contributed by atoms with van der Waals surface area (Å²) in [6, 6.07) is 3.79. The van der Waals surface area contributed by atoms with Gasteiger partial charge >= 0.3 is 0 Å². The van der Waals surface area contributed by atoms with E-state index in [4.69, 9.17) is 15.2 Å². The minimum Gasteiger partial charge on any atom is -0.490 e. The van der Waals surface area contributed by atoms with Crippen LogP contribution in [-0.2, 0) is 7.05 Å². The number of nitrogen functional groups attached to an aromatic ring is 1. The second kappa shape index (κ2) is 4.53. The average Bonchev–Trinajstić information content (AvgIpc) is 2.56. The van der Waals surface area contributed by atoms with Gasteiger partial charge in [0, 0.05) is 18.5 Å². The fourth-order valence-corrected chi connectivity index (χ4v) is 1.83. The monoisotopic (exact) mass is 235 g/mol. The molecule has 92 valence electrons. The highest BCUT2D eigenvalue weighted by molar-refractivity contribution is 5.91. The van der Waals surface area contributed by atoms with Crippen LogP contribution < -0.4 is 15.2 Å². The van der Waals surface area contributed by atoms with E-state index in [1.165, 1.54) is 0 Å². The van der Waals surface area contributed by atoms with Crippen molar-refractivity contribution in [3.05, 3.63) is 12.1 Å². The Kier molecular flexibility index (Phi) is 3.08. The second-order valence-corrected chi connectivity index (χ2v) is 3.69. The third-order valence-electron chi connectivity index (χ3n) is 2.54. The zero-order chi connectivity index (χ0) is 12.4. The Morgan fingerprint density at radius 2 is 1.76 bits per heavy atom. The first-order valence-corrected chi connectivity index (χ1v) is 5.69. The van der Waals surface area contributed by atoms with Crippen molar-refractivity contribution in [1.82, 2.24) is 9.78 Å². The highest BCUT2D eigenvalue weighted by Crippen LogP contribution is 2.34. The number of hydrogen-bond acceptors (Lipinski definition) is 4. The maximum atomic E-state index is 5.84. The van der Waals surface area contributed by atoms with Gasteiger partial charge in [-0.05, 0) is 19.9 Å². The molecule has 0 aliphatic carbocycles. The number of hydrogen-bond donors (Lipinski definition) is 1. The van der Waals surface area contributed by atoms with Gasteiger partial charge in [-0.15, -0.1) is 0 Å². The lowest BCUT2D eigenvalue weighted by Crippen LogP contribution is -1.99. The molecule has 2 N–H and O–H groups in total. The molecule has 5 nitrogen and oxygen atoms in total. The molecular formula is C12H17N3O2. The van der Waals surface area contributed by atoms with E-state index in [1.54, 1.807) is 4.68 Å². The Bertz CT molecular complexity index is 488. The number of rotatable bonds is 4. The number of ether oxygens (including phenoxy) is 2. The van der Waals surface area contributed by atoms with Gasteiger partial charge in [0.25, 0.3) is 0 Å². The molecule has 17 heavy (non-hydrogen) atoms. The van der Waals surface area contributed by atoms with E-state index in [1.807, 2.05) is 33.0 Å². The molecule has 0 aliphatic heterocycles. The molecule has 1 aromatic carbocycles. The summed E-state index contributed by atoms with van der Waals surface area (Å²) >= 11 is 0. The van der Waals surface area contributed by atoms with Crippen molar-refractivity contribution >= 4 is 16.7 Å². The van der Waals surface area contributed by atoms with E-state index >= 15 is 0 Å². The van der Waals surface area contributed by atoms with Crippen LogP contribution in [0.2, 0.25) is 0 Å². The molecule has 0 bridgehead atoms. The van der Waals surface area contributed by atoms with Crippen LogP contribution in [0.3, 0.4) is 0 Å². The molecular weight excluding hydrogens is 218 g/mol.